The van der Waals surface area contributed by atoms with Crippen LogP contribution in [0.5, 0.6) is 0 Å². The van der Waals surface area contributed by atoms with Gasteiger partial charge in [0.05, 0.1) is 5.69 Å². The van der Waals surface area contributed by atoms with Crippen LogP contribution in [0.25, 0.3) is 0 Å². The summed E-state index contributed by atoms with van der Waals surface area (Å²) >= 11 is 3.01. The molecule has 70 valence electrons. The van der Waals surface area contributed by atoms with Crippen LogP contribution < -0.4 is 11.1 Å². The van der Waals surface area contributed by atoms with Gasteiger partial charge in [0.25, 0.3) is 0 Å². The molecular formula is C7H6BrFN2O2. The Morgan fingerprint density at radius 1 is 1.62 bits per heavy atom. The minimum atomic E-state index is -1.33. The molecule has 0 spiro atoms. The second-order valence-corrected chi connectivity index (χ2v) is 3.14. The summed E-state index contributed by atoms with van der Waals surface area (Å²) in [7, 11) is 0. The van der Waals surface area contributed by atoms with Crippen molar-refractivity contribution < 1.29 is 14.3 Å². The van der Waals surface area contributed by atoms with E-state index in [1.807, 2.05) is 5.32 Å². The van der Waals surface area contributed by atoms with Gasteiger partial charge in [-0.1, -0.05) is 0 Å². The van der Waals surface area contributed by atoms with Crippen LogP contribution in [-0.2, 0) is 0 Å². The fourth-order valence-electron chi connectivity index (χ4n) is 0.777. The van der Waals surface area contributed by atoms with Gasteiger partial charge in [-0.2, -0.15) is 0 Å². The highest BCUT2D eigenvalue weighted by Crippen LogP contribution is 2.26. The van der Waals surface area contributed by atoms with Gasteiger partial charge < -0.3 is 10.8 Å². The van der Waals surface area contributed by atoms with Crippen molar-refractivity contribution >= 4 is 33.4 Å². The molecule has 0 atom stereocenters. The summed E-state index contributed by atoms with van der Waals surface area (Å²) < 4.78 is 13.4. The fourth-order valence-corrected chi connectivity index (χ4v) is 1.09. The van der Waals surface area contributed by atoms with Crippen LogP contribution in [0.1, 0.15) is 0 Å². The SMILES string of the molecule is Nc1cc(NC(=O)O)c(F)cc1Br. The normalized spacial score (nSPS) is 9.69. The molecule has 0 saturated heterocycles. The molecule has 0 saturated carbocycles. The number of benzene rings is 1. The lowest BCUT2D eigenvalue weighted by molar-refractivity contribution is 0.209. The third-order valence-corrected chi connectivity index (χ3v) is 2.01. The number of carbonyl (C=O) groups is 1. The number of carboxylic acid groups (broad SMARTS) is 1. The molecule has 1 aromatic carbocycles. The Labute approximate surface area is 81.7 Å². The zero-order valence-corrected chi connectivity index (χ0v) is 7.93. The van der Waals surface area contributed by atoms with Crippen molar-refractivity contribution in [3.05, 3.63) is 22.4 Å². The Bertz CT molecular complexity index is 357. The summed E-state index contributed by atoms with van der Waals surface area (Å²) in [6.45, 7) is 0. The maximum atomic E-state index is 13.0. The van der Waals surface area contributed by atoms with Crippen LogP contribution in [-0.4, -0.2) is 11.2 Å². The van der Waals surface area contributed by atoms with Gasteiger partial charge >= 0.3 is 6.09 Å². The molecule has 0 aliphatic rings. The predicted molar refractivity (Wildman–Crippen MR) is 50.2 cm³/mol. The van der Waals surface area contributed by atoms with E-state index in [2.05, 4.69) is 15.9 Å². The van der Waals surface area contributed by atoms with Crippen molar-refractivity contribution in [1.29, 1.82) is 0 Å². The molecule has 13 heavy (non-hydrogen) atoms. The molecule has 4 nitrogen and oxygen atoms in total. The lowest BCUT2D eigenvalue weighted by Crippen LogP contribution is -2.09. The number of rotatable bonds is 1. The second kappa shape index (κ2) is 3.61. The van der Waals surface area contributed by atoms with Crippen molar-refractivity contribution in [2.45, 2.75) is 0 Å². The number of amides is 1. The number of hydrogen-bond acceptors (Lipinski definition) is 2. The van der Waals surface area contributed by atoms with E-state index in [0.29, 0.717) is 4.47 Å². The molecule has 1 rings (SSSR count). The van der Waals surface area contributed by atoms with Crippen LogP contribution in [0.2, 0.25) is 0 Å². The van der Waals surface area contributed by atoms with E-state index in [1.165, 1.54) is 6.07 Å². The lowest BCUT2D eigenvalue weighted by Gasteiger charge is -2.05. The van der Waals surface area contributed by atoms with Crippen LogP contribution in [0.4, 0.5) is 20.6 Å². The minimum absolute atomic E-state index is 0.159. The summed E-state index contributed by atoms with van der Waals surface area (Å²) in [4.78, 5) is 10.2. The number of nitrogens with one attached hydrogen (secondary N) is 1. The molecule has 0 unspecified atom stereocenters. The van der Waals surface area contributed by atoms with Crippen LogP contribution >= 0.6 is 15.9 Å². The number of nitrogen functional groups attached to an aromatic ring is 1. The molecule has 0 fully saturated rings. The van der Waals surface area contributed by atoms with Gasteiger partial charge in [-0.3, -0.25) is 5.32 Å². The smallest absolute Gasteiger partial charge is 0.409 e. The topological polar surface area (TPSA) is 75.3 Å². The number of nitrogens with two attached hydrogens (primary N) is 1. The van der Waals surface area contributed by atoms with Gasteiger partial charge in [0.2, 0.25) is 0 Å². The quantitative estimate of drug-likeness (QED) is 0.668. The molecule has 0 aromatic heterocycles. The van der Waals surface area contributed by atoms with Crippen molar-refractivity contribution in [2.75, 3.05) is 11.1 Å². The van der Waals surface area contributed by atoms with E-state index in [0.717, 1.165) is 6.07 Å². The monoisotopic (exact) mass is 248 g/mol. The molecule has 0 radical (unpaired) electrons. The van der Waals surface area contributed by atoms with Crippen molar-refractivity contribution in [2.24, 2.45) is 0 Å². The molecule has 0 aliphatic heterocycles. The van der Waals surface area contributed by atoms with Crippen molar-refractivity contribution in [1.82, 2.24) is 0 Å². The standard InChI is InChI=1S/C7H6BrFN2O2/c8-3-1-4(9)6(2-5(3)10)11-7(12)13/h1-2,11H,10H2,(H,12,13). The number of hydrogen-bond donors (Lipinski definition) is 3. The average Bonchev–Trinajstić information content (AvgIpc) is 1.99. The van der Waals surface area contributed by atoms with E-state index < -0.39 is 11.9 Å². The maximum absolute atomic E-state index is 13.0. The summed E-state index contributed by atoms with van der Waals surface area (Å²) in [5.74, 6) is -0.677. The highest BCUT2D eigenvalue weighted by molar-refractivity contribution is 9.10. The Morgan fingerprint density at radius 3 is 2.77 bits per heavy atom. The van der Waals surface area contributed by atoms with E-state index in [9.17, 15) is 9.18 Å². The molecule has 0 bridgehead atoms. The Morgan fingerprint density at radius 2 is 2.23 bits per heavy atom. The van der Waals surface area contributed by atoms with Crippen LogP contribution in [0.15, 0.2) is 16.6 Å². The molecule has 1 amide bonds. The number of anilines is 2. The Kier molecular flexibility index (Phi) is 2.72. The van der Waals surface area contributed by atoms with Gasteiger partial charge in [0, 0.05) is 10.2 Å². The van der Waals surface area contributed by atoms with E-state index in [1.54, 1.807) is 0 Å². The van der Waals surface area contributed by atoms with Gasteiger partial charge in [-0.25, -0.2) is 9.18 Å². The van der Waals surface area contributed by atoms with Gasteiger partial charge in [0.1, 0.15) is 5.82 Å². The van der Waals surface area contributed by atoms with Gasteiger partial charge in [-0.15, -0.1) is 0 Å². The van der Waals surface area contributed by atoms with E-state index in [-0.39, 0.29) is 11.4 Å². The van der Waals surface area contributed by atoms with E-state index >= 15 is 0 Å². The van der Waals surface area contributed by atoms with Crippen LogP contribution in [0.3, 0.4) is 0 Å². The summed E-state index contributed by atoms with van der Waals surface area (Å²) in [5, 5.41) is 10.2. The molecule has 0 aliphatic carbocycles. The summed E-state index contributed by atoms with van der Waals surface area (Å²) in [6, 6.07) is 2.30. The first-order valence-electron chi connectivity index (χ1n) is 3.25. The van der Waals surface area contributed by atoms with Crippen molar-refractivity contribution in [3.8, 4) is 0 Å². The van der Waals surface area contributed by atoms with Gasteiger partial charge in [0.15, 0.2) is 0 Å². The molecule has 1 aromatic rings. The van der Waals surface area contributed by atoms with Gasteiger partial charge in [-0.05, 0) is 28.1 Å². The Balaban J connectivity index is 3.08. The summed E-state index contributed by atoms with van der Waals surface area (Å²) in [5.41, 5.74) is 5.53. The second-order valence-electron chi connectivity index (χ2n) is 2.28. The molecule has 0 heterocycles. The zero-order valence-electron chi connectivity index (χ0n) is 6.34. The average molecular weight is 249 g/mol. The predicted octanol–water partition coefficient (Wildman–Crippen LogP) is 2.26. The first kappa shape index (κ1) is 9.79. The van der Waals surface area contributed by atoms with Crippen LogP contribution in [0, 0.1) is 5.82 Å². The molecular weight excluding hydrogens is 243 g/mol. The zero-order chi connectivity index (χ0) is 10.0. The first-order valence-corrected chi connectivity index (χ1v) is 4.04. The highest BCUT2D eigenvalue weighted by atomic mass is 79.9. The van der Waals surface area contributed by atoms with E-state index in [4.69, 9.17) is 10.8 Å². The minimum Gasteiger partial charge on any atom is -0.465 e. The molecule has 4 N–H and O–H groups in total. The summed E-state index contributed by atoms with van der Waals surface area (Å²) in [6.07, 6.45) is -1.33. The van der Waals surface area contributed by atoms with Crippen molar-refractivity contribution in [3.63, 3.8) is 0 Å². The third-order valence-electron chi connectivity index (χ3n) is 1.33. The highest BCUT2D eigenvalue weighted by Gasteiger charge is 2.07. The largest absolute Gasteiger partial charge is 0.465 e. The number of halogens is 2. The Hall–Kier alpha value is -1.30. The third kappa shape index (κ3) is 2.32. The first-order chi connectivity index (χ1) is 6.00. The maximum Gasteiger partial charge on any atom is 0.409 e. The fraction of sp³-hybridized carbons (Fsp3) is 0. The molecule has 6 heteroatoms. The lowest BCUT2D eigenvalue weighted by atomic mass is 10.2.